The SMILES string of the molecule is CCc1nc(N)nc(N)c1OCCCOc1ccc(Cl)c(C(=O)O)c1. The van der Waals surface area contributed by atoms with Gasteiger partial charge in [-0.15, -0.1) is 0 Å². The Morgan fingerprint density at radius 2 is 1.96 bits per heavy atom. The Hall–Kier alpha value is -2.74. The number of aromatic carboxylic acids is 1. The van der Waals surface area contributed by atoms with Gasteiger partial charge in [0.15, 0.2) is 11.6 Å². The lowest BCUT2D eigenvalue weighted by Crippen LogP contribution is -2.11. The molecule has 5 N–H and O–H groups in total. The van der Waals surface area contributed by atoms with Gasteiger partial charge >= 0.3 is 5.97 Å². The van der Waals surface area contributed by atoms with Gasteiger partial charge in [0, 0.05) is 6.42 Å². The number of ether oxygens (including phenoxy) is 2. The fraction of sp³-hybridized carbons (Fsp3) is 0.312. The van der Waals surface area contributed by atoms with E-state index >= 15 is 0 Å². The van der Waals surface area contributed by atoms with Crippen molar-refractivity contribution in [2.24, 2.45) is 0 Å². The van der Waals surface area contributed by atoms with Gasteiger partial charge in [-0.2, -0.15) is 4.98 Å². The molecule has 0 fully saturated rings. The molecule has 0 aliphatic rings. The molecule has 0 saturated heterocycles. The zero-order valence-corrected chi connectivity index (χ0v) is 14.4. The second kappa shape index (κ2) is 8.39. The molecule has 0 amide bonds. The van der Waals surface area contributed by atoms with Crippen LogP contribution in [0.1, 0.15) is 29.4 Å². The molecule has 9 heteroatoms. The van der Waals surface area contributed by atoms with E-state index in [1.54, 1.807) is 6.07 Å². The fourth-order valence-electron chi connectivity index (χ4n) is 2.11. The Balaban J connectivity index is 1.87. The van der Waals surface area contributed by atoms with Crippen molar-refractivity contribution in [1.29, 1.82) is 0 Å². The minimum Gasteiger partial charge on any atom is -0.493 e. The first-order chi connectivity index (χ1) is 11.9. The van der Waals surface area contributed by atoms with Crippen LogP contribution in [0.4, 0.5) is 11.8 Å². The molecule has 0 atom stereocenters. The molecule has 0 unspecified atom stereocenters. The van der Waals surface area contributed by atoms with Crippen molar-refractivity contribution < 1.29 is 19.4 Å². The van der Waals surface area contributed by atoms with Crippen LogP contribution in [0, 0.1) is 0 Å². The molecule has 1 aromatic heterocycles. The number of aromatic nitrogens is 2. The van der Waals surface area contributed by atoms with Gasteiger partial charge in [0.1, 0.15) is 5.75 Å². The maximum atomic E-state index is 11.0. The van der Waals surface area contributed by atoms with Gasteiger partial charge in [-0.1, -0.05) is 18.5 Å². The Kier molecular flexibility index (Phi) is 6.24. The molecule has 0 radical (unpaired) electrons. The van der Waals surface area contributed by atoms with Crippen LogP contribution in [0.15, 0.2) is 18.2 Å². The van der Waals surface area contributed by atoms with Gasteiger partial charge in [-0.25, -0.2) is 9.78 Å². The number of hydrogen-bond donors (Lipinski definition) is 3. The standard InChI is InChI=1S/C16H19ClN4O4/c1-2-12-13(14(18)21-16(19)20-12)25-7-3-6-24-9-4-5-11(17)10(8-9)15(22)23/h4-5,8H,2-3,6-7H2,1H3,(H,22,23)(H4,18,19,20,21). The van der Waals surface area contributed by atoms with E-state index in [2.05, 4.69) is 9.97 Å². The normalized spacial score (nSPS) is 10.5. The predicted octanol–water partition coefficient (Wildman–Crippen LogP) is 2.40. The van der Waals surface area contributed by atoms with Crippen molar-refractivity contribution in [3.63, 3.8) is 0 Å². The summed E-state index contributed by atoms with van der Waals surface area (Å²) in [5.41, 5.74) is 12.0. The van der Waals surface area contributed by atoms with Crippen molar-refractivity contribution in [1.82, 2.24) is 9.97 Å². The lowest BCUT2D eigenvalue weighted by molar-refractivity contribution is 0.0696. The molecule has 25 heavy (non-hydrogen) atoms. The summed E-state index contributed by atoms with van der Waals surface area (Å²) in [7, 11) is 0. The topological polar surface area (TPSA) is 134 Å². The number of hydrogen-bond acceptors (Lipinski definition) is 7. The third-order valence-electron chi connectivity index (χ3n) is 3.29. The van der Waals surface area contributed by atoms with Gasteiger partial charge < -0.3 is 26.0 Å². The van der Waals surface area contributed by atoms with Crippen LogP contribution in [0.5, 0.6) is 11.5 Å². The number of nitrogen functional groups attached to an aromatic ring is 2. The van der Waals surface area contributed by atoms with Crippen LogP contribution < -0.4 is 20.9 Å². The van der Waals surface area contributed by atoms with Crippen LogP contribution in [0.2, 0.25) is 5.02 Å². The van der Waals surface area contributed by atoms with Gasteiger partial charge in [0.2, 0.25) is 5.95 Å². The Morgan fingerprint density at radius 1 is 1.24 bits per heavy atom. The van der Waals surface area contributed by atoms with E-state index in [1.807, 2.05) is 6.92 Å². The Labute approximate surface area is 149 Å². The molecule has 1 aromatic carbocycles. The molecule has 1 heterocycles. The number of nitrogens with two attached hydrogens (primary N) is 2. The Morgan fingerprint density at radius 3 is 2.64 bits per heavy atom. The summed E-state index contributed by atoms with van der Waals surface area (Å²) in [5, 5.41) is 9.19. The summed E-state index contributed by atoms with van der Waals surface area (Å²) >= 11 is 5.81. The molecule has 2 aromatic rings. The second-order valence-electron chi connectivity index (χ2n) is 5.09. The van der Waals surface area contributed by atoms with E-state index < -0.39 is 5.97 Å². The van der Waals surface area contributed by atoms with Crippen LogP contribution in [-0.4, -0.2) is 34.3 Å². The predicted molar refractivity (Wildman–Crippen MR) is 94.3 cm³/mol. The summed E-state index contributed by atoms with van der Waals surface area (Å²) < 4.78 is 11.1. The van der Waals surface area contributed by atoms with Crippen molar-refractivity contribution in [2.75, 3.05) is 24.7 Å². The molecule has 0 bridgehead atoms. The first-order valence-electron chi connectivity index (χ1n) is 7.62. The molecule has 0 aliphatic carbocycles. The van der Waals surface area contributed by atoms with E-state index in [9.17, 15) is 4.79 Å². The van der Waals surface area contributed by atoms with E-state index in [4.69, 9.17) is 37.6 Å². The lowest BCUT2D eigenvalue weighted by Gasteiger charge is -2.12. The molecular formula is C16H19ClN4O4. The smallest absolute Gasteiger partial charge is 0.337 e. The highest BCUT2D eigenvalue weighted by Crippen LogP contribution is 2.25. The summed E-state index contributed by atoms with van der Waals surface area (Å²) in [4.78, 5) is 19.0. The number of halogens is 1. The van der Waals surface area contributed by atoms with Gasteiger partial charge in [0.05, 0.1) is 29.5 Å². The minimum absolute atomic E-state index is 0.00481. The molecule has 8 nitrogen and oxygen atoms in total. The van der Waals surface area contributed by atoms with Gasteiger partial charge in [-0.05, 0) is 24.6 Å². The summed E-state index contributed by atoms with van der Waals surface area (Å²) in [6.45, 7) is 2.58. The van der Waals surface area contributed by atoms with E-state index in [0.717, 1.165) is 0 Å². The minimum atomic E-state index is -1.11. The van der Waals surface area contributed by atoms with Crippen LogP contribution in [0.25, 0.3) is 0 Å². The highest BCUT2D eigenvalue weighted by atomic mass is 35.5. The lowest BCUT2D eigenvalue weighted by atomic mass is 10.2. The average Bonchev–Trinajstić information content (AvgIpc) is 2.56. The molecule has 0 saturated carbocycles. The van der Waals surface area contributed by atoms with Crippen molar-refractivity contribution in [3.8, 4) is 11.5 Å². The van der Waals surface area contributed by atoms with Crippen molar-refractivity contribution in [3.05, 3.63) is 34.5 Å². The highest BCUT2D eigenvalue weighted by Gasteiger charge is 2.12. The molecular weight excluding hydrogens is 348 g/mol. The summed E-state index contributed by atoms with van der Waals surface area (Å²) in [6.07, 6.45) is 1.17. The summed E-state index contributed by atoms with van der Waals surface area (Å²) in [5.74, 6) is 0.0588. The monoisotopic (exact) mass is 366 g/mol. The third kappa shape index (κ3) is 4.87. The third-order valence-corrected chi connectivity index (χ3v) is 3.62. The maximum absolute atomic E-state index is 11.0. The first-order valence-corrected chi connectivity index (χ1v) is 8.00. The van der Waals surface area contributed by atoms with E-state index in [-0.39, 0.29) is 22.4 Å². The van der Waals surface area contributed by atoms with Crippen LogP contribution in [-0.2, 0) is 6.42 Å². The average molecular weight is 367 g/mol. The number of benzene rings is 1. The molecule has 134 valence electrons. The van der Waals surface area contributed by atoms with Crippen LogP contribution >= 0.6 is 11.6 Å². The highest BCUT2D eigenvalue weighted by molar-refractivity contribution is 6.33. The number of aryl methyl sites for hydroxylation is 1. The number of carbonyl (C=O) groups is 1. The fourth-order valence-corrected chi connectivity index (χ4v) is 2.31. The molecule has 0 aliphatic heterocycles. The largest absolute Gasteiger partial charge is 0.493 e. The number of anilines is 2. The van der Waals surface area contributed by atoms with Gasteiger partial charge in [-0.3, -0.25) is 0 Å². The maximum Gasteiger partial charge on any atom is 0.337 e. The zero-order valence-electron chi connectivity index (χ0n) is 13.7. The van der Waals surface area contributed by atoms with Crippen molar-refractivity contribution in [2.45, 2.75) is 19.8 Å². The molecule has 0 spiro atoms. The Bertz CT molecular complexity index is 770. The first kappa shape index (κ1) is 18.6. The second-order valence-corrected chi connectivity index (χ2v) is 5.50. The van der Waals surface area contributed by atoms with Crippen molar-refractivity contribution >= 4 is 29.3 Å². The van der Waals surface area contributed by atoms with E-state index in [0.29, 0.717) is 43.2 Å². The van der Waals surface area contributed by atoms with Gasteiger partial charge in [0.25, 0.3) is 0 Å². The van der Waals surface area contributed by atoms with Crippen LogP contribution in [0.3, 0.4) is 0 Å². The zero-order chi connectivity index (χ0) is 18.4. The number of carboxylic acids is 1. The molecule has 2 rings (SSSR count). The number of nitrogens with zero attached hydrogens (tertiary/aromatic N) is 2. The summed E-state index contributed by atoms with van der Waals surface area (Å²) in [6, 6.07) is 4.47. The van der Waals surface area contributed by atoms with E-state index in [1.165, 1.54) is 12.1 Å². The number of carboxylic acid groups (broad SMARTS) is 1. The quantitative estimate of drug-likeness (QED) is 0.606. The number of rotatable bonds is 8.